The van der Waals surface area contributed by atoms with Crippen LogP contribution in [0.2, 0.25) is 0 Å². The van der Waals surface area contributed by atoms with Gasteiger partial charge < -0.3 is 5.21 Å². The summed E-state index contributed by atoms with van der Waals surface area (Å²) in [6.45, 7) is 7.87. The van der Waals surface area contributed by atoms with Crippen LogP contribution in [0.5, 0.6) is 0 Å². The number of sulfonamides is 1. The first-order valence-electron chi connectivity index (χ1n) is 8.82. The van der Waals surface area contributed by atoms with Crippen LogP contribution < -0.4 is 0 Å². The second-order valence-electron chi connectivity index (χ2n) is 6.21. The highest BCUT2D eigenvalue weighted by molar-refractivity contribution is 7.89. The van der Waals surface area contributed by atoms with Gasteiger partial charge in [0.05, 0.1) is 17.7 Å². The van der Waals surface area contributed by atoms with Crippen molar-refractivity contribution in [2.45, 2.75) is 63.3 Å². The van der Waals surface area contributed by atoms with E-state index in [1.807, 2.05) is 6.92 Å². The van der Waals surface area contributed by atoms with E-state index in [9.17, 15) is 8.42 Å². The van der Waals surface area contributed by atoms with E-state index < -0.39 is 10.0 Å². The Morgan fingerprint density at radius 3 is 2.48 bits per heavy atom. The molecule has 1 unspecified atom stereocenters. The number of unbranched alkanes of at least 4 members (excludes halogenated alkanes) is 3. The Labute approximate surface area is 152 Å². The Morgan fingerprint density at radius 2 is 1.92 bits per heavy atom. The minimum absolute atomic E-state index is 0.0407. The number of nitrogens with zero attached hydrogens (tertiary/aromatic N) is 2. The Bertz CT molecular complexity index is 639. The van der Waals surface area contributed by atoms with E-state index in [2.05, 4.69) is 18.7 Å². The van der Waals surface area contributed by atoms with Crippen molar-refractivity contribution < 1.29 is 13.6 Å². The molecule has 1 rings (SSSR count). The smallest absolute Gasteiger partial charge is 0.243 e. The Hall–Kier alpha value is -1.66. The molecule has 0 heterocycles. The van der Waals surface area contributed by atoms with Crippen LogP contribution in [0.25, 0.3) is 0 Å². The fraction of sp³-hybridized carbons (Fsp3) is 0.526. The van der Waals surface area contributed by atoms with Crippen LogP contribution in [-0.4, -0.2) is 36.7 Å². The van der Waals surface area contributed by atoms with Crippen LogP contribution in [0.3, 0.4) is 0 Å². The maximum Gasteiger partial charge on any atom is 0.243 e. The summed E-state index contributed by atoms with van der Waals surface area (Å²) in [5, 5.41) is 11.8. The predicted octanol–water partition coefficient (Wildman–Crippen LogP) is 4.36. The molecule has 1 aromatic carbocycles. The second kappa shape index (κ2) is 11.1. The predicted molar refractivity (Wildman–Crippen MR) is 103 cm³/mol. The lowest BCUT2D eigenvalue weighted by molar-refractivity contribution is 0.306. The van der Waals surface area contributed by atoms with Crippen molar-refractivity contribution in [1.82, 2.24) is 4.31 Å². The van der Waals surface area contributed by atoms with Crippen molar-refractivity contribution in [3.05, 3.63) is 42.5 Å². The van der Waals surface area contributed by atoms with Gasteiger partial charge in [-0.05, 0) is 31.9 Å². The molecule has 0 aliphatic carbocycles. The molecule has 1 aromatic rings. The molecule has 0 spiro atoms. The molecule has 0 fully saturated rings. The molecule has 0 aliphatic rings. The summed E-state index contributed by atoms with van der Waals surface area (Å²) in [4.78, 5) is 0.257. The molecule has 0 saturated carbocycles. The molecule has 0 aromatic heterocycles. The normalized spacial score (nSPS) is 13.4. The molecule has 0 saturated heterocycles. The quantitative estimate of drug-likeness (QED) is 0.196. The highest BCUT2D eigenvalue weighted by Crippen LogP contribution is 2.23. The summed E-state index contributed by atoms with van der Waals surface area (Å²) in [6.07, 6.45) is 8.61. The van der Waals surface area contributed by atoms with Crippen molar-refractivity contribution in [1.29, 1.82) is 0 Å². The molecular formula is C19H30N2O3S. The minimum atomic E-state index is -3.67. The number of hydrogen-bond donors (Lipinski definition) is 1. The Balaban J connectivity index is 3.08. The monoisotopic (exact) mass is 366 g/mol. The van der Waals surface area contributed by atoms with Gasteiger partial charge in [-0.15, -0.1) is 11.7 Å². The van der Waals surface area contributed by atoms with Gasteiger partial charge in [0.1, 0.15) is 0 Å². The van der Waals surface area contributed by atoms with Crippen LogP contribution in [0, 0.1) is 6.92 Å². The maximum absolute atomic E-state index is 13.1. The van der Waals surface area contributed by atoms with Gasteiger partial charge in [0, 0.05) is 6.04 Å². The molecule has 1 atom stereocenters. The fourth-order valence-electron chi connectivity index (χ4n) is 2.78. The number of aryl methyl sites for hydroxylation is 1. The van der Waals surface area contributed by atoms with E-state index in [0.717, 1.165) is 37.7 Å². The van der Waals surface area contributed by atoms with E-state index >= 15 is 0 Å². The second-order valence-corrected chi connectivity index (χ2v) is 8.10. The van der Waals surface area contributed by atoms with E-state index in [1.165, 1.54) is 10.5 Å². The summed E-state index contributed by atoms with van der Waals surface area (Å²) < 4.78 is 27.6. The third-order valence-corrected chi connectivity index (χ3v) is 6.14. The van der Waals surface area contributed by atoms with Crippen molar-refractivity contribution in [2.24, 2.45) is 5.16 Å². The van der Waals surface area contributed by atoms with Crippen LogP contribution in [0.1, 0.15) is 51.0 Å². The first-order valence-corrected chi connectivity index (χ1v) is 10.3. The van der Waals surface area contributed by atoms with E-state index in [0.29, 0.717) is 6.42 Å². The van der Waals surface area contributed by atoms with Gasteiger partial charge in [0.2, 0.25) is 10.0 Å². The molecule has 0 radical (unpaired) electrons. The van der Waals surface area contributed by atoms with Crippen LogP contribution in [-0.2, 0) is 10.0 Å². The third kappa shape index (κ3) is 6.63. The molecular weight excluding hydrogens is 336 g/mol. The SMILES string of the molecule is C=CCC(CCCCCC)N(C/C=N\O)S(=O)(=O)c1ccc(C)cc1. The lowest BCUT2D eigenvalue weighted by atomic mass is 10.0. The minimum Gasteiger partial charge on any atom is -0.411 e. The van der Waals surface area contributed by atoms with Crippen LogP contribution >= 0.6 is 0 Å². The highest BCUT2D eigenvalue weighted by Gasteiger charge is 2.30. The average molecular weight is 367 g/mol. The van der Waals surface area contributed by atoms with E-state index in [4.69, 9.17) is 5.21 Å². The molecule has 0 bridgehead atoms. The maximum atomic E-state index is 13.1. The van der Waals surface area contributed by atoms with Gasteiger partial charge in [-0.25, -0.2) is 8.42 Å². The zero-order valence-corrected chi connectivity index (χ0v) is 16.1. The topological polar surface area (TPSA) is 70.0 Å². The highest BCUT2D eigenvalue weighted by atomic mass is 32.2. The summed E-state index contributed by atoms with van der Waals surface area (Å²) >= 11 is 0. The zero-order chi connectivity index (χ0) is 18.7. The third-order valence-electron chi connectivity index (χ3n) is 4.21. The summed E-state index contributed by atoms with van der Waals surface area (Å²) in [5.41, 5.74) is 1.00. The molecule has 5 nitrogen and oxygen atoms in total. The van der Waals surface area contributed by atoms with Gasteiger partial charge in [-0.3, -0.25) is 0 Å². The fourth-order valence-corrected chi connectivity index (χ4v) is 4.38. The van der Waals surface area contributed by atoms with E-state index in [-0.39, 0.29) is 17.5 Å². The Kier molecular flexibility index (Phi) is 9.45. The summed E-state index contributed by atoms with van der Waals surface area (Å²) in [6, 6.07) is 6.62. The lowest BCUT2D eigenvalue weighted by Crippen LogP contribution is -2.41. The van der Waals surface area contributed by atoms with Crippen molar-refractivity contribution in [3.63, 3.8) is 0 Å². The van der Waals surface area contributed by atoms with Crippen LogP contribution in [0.4, 0.5) is 0 Å². The number of rotatable bonds is 12. The summed E-state index contributed by atoms with van der Waals surface area (Å²) in [5.74, 6) is 0. The van der Waals surface area contributed by atoms with Crippen molar-refractivity contribution in [3.8, 4) is 0 Å². The molecule has 0 amide bonds. The number of hydrogen-bond acceptors (Lipinski definition) is 4. The molecule has 0 aliphatic heterocycles. The standard InChI is InChI=1S/C19H30N2O3S/c1-4-6-7-8-10-18(9-5-2)21(16-15-20-22)25(23,24)19-13-11-17(3)12-14-19/h5,11-15,18,22H,2,4,6-10,16H2,1,3H3/b20-15-. The van der Waals surface area contributed by atoms with Crippen molar-refractivity contribution >= 4 is 16.2 Å². The average Bonchev–Trinajstić information content (AvgIpc) is 2.59. The van der Waals surface area contributed by atoms with Gasteiger partial charge in [0.15, 0.2) is 0 Å². The first kappa shape index (κ1) is 21.4. The molecule has 1 N–H and O–H groups in total. The van der Waals surface area contributed by atoms with Gasteiger partial charge in [-0.2, -0.15) is 4.31 Å². The van der Waals surface area contributed by atoms with Gasteiger partial charge >= 0.3 is 0 Å². The van der Waals surface area contributed by atoms with Crippen molar-refractivity contribution in [2.75, 3.05) is 6.54 Å². The number of benzene rings is 1. The zero-order valence-electron chi connectivity index (χ0n) is 15.3. The first-order chi connectivity index (χ1) is 12.0. The summed E-state index contributed by atoms with van der Waals surface area (Å²) in [7, 11) is -3.67. The Morgan fingerprint density at radius 1 is 1.24 bits per heavy atom. The number of oxime groups is 1. The molecule has 25 heavy (non-hydrogen) atoms. The largest absolute Gasteiger partial charge is 0.411 e. The lowest BCUT2D eigenvalue weighted by Gasteiger charge is -2.29. The molecule has 6 heteroatoms. The van der Waals surface area contributed by atoms with Gasteiger partial charge in [0.25, 0.3) is 0 Å². The van der Waals surface area contributed by atoms with Gasteiger partial charge in [-0.1, -0.05) is 56.4 Å². The van der Waals surface area contributed by atoms with E-state index in [1.54, 1.807) is 30.3 Å². The van der Waals surface area contributed by atoms with Crippen LogP contribution in [0.15, 0.2) is 47.0 Å². The molecule has 140 valence electrons.